The van der Waals surface area contributed by atoms with Crippen LogP contribution in [0.2, 0.25) is 0 Å². The maximum Gasteiger partial charge on any atom is 0.216 e. The van der Waals surface area contributed by atoms with Gasteiger partial charge in [-0.1, -0.05) is 30.3 Å². The summed E-state index contributed by atoms with van der Waals surface area (Å²) in [6.45, 7) is 2.46. The van der Waals surface area contributed by atoms with E-state index in [1.165, 1.54) is 0 Å². The fourth-order valence-corrected chi connectivity index (χ4v) is 2.97. The predicted octanol–water partition coefficient (Wildman–Crippen LogP) is 4.66. The molecule has 26 heavy (non-hydrogen) atoms. The van der Waals surface area contributed by atoms with Crippen LogP contribution in [0.15, 0.2) is 52.0 Å². The van der Waals surface area contributed by atoms with E-state index in [4.69, 9.17) is 21.7 Å². The zero-order valence-electron chi connectivity index (χ0n) is 14.3. The molecular formula is C18H17BrN4O2S. The van der Waals surface area contributed by atoms with Crippen LogP contribution >= 0.6 is 28.1 Å². The highest BCUT2D eigenvalue weighted by atomic mass is 79.9. The van der Waals surface area contributed by atoms with Crippen molar-refractivity contribution in [2.24, 2.45) is 5.10 Å². The Morgan fingerprint density at radius 3 is 2.73 bits per heavy atom. The topological polar surface area (TPSA) is 64.4 Å². The average Bonchev–Trinajstić information content (AvgIpc) is 3.03. The number of aromatic nitrogens is 3. The molecule has 0 aliphatic heterocycles. The van der Waals surface area contributed by atoms with E-state index in [0.717, 1.165) is 15.6 Å². The molecule has 0 saturated carbocycles. The molecule has 1 heterocycles. The molecule has 0 bridgehead atoms. The number of hydrogen-bond donors (Lipinski definition) is 1. The van der Waals surface area contributed by atoms with Gasteiger partial charge >= 0.3 is 0 Å². The molecule has 8 heteroatoms. The van der Waals surface area contributed by atoms with Gasteiger partial charge in [-0.3, -0.25) is 0 Å². The summed E-state index contributed by atoms with van der Waals surface area (Å²) in [5.74, 6) is 1.95. The number of hydrogen-bond acceptors (Lipinski definition) is 5. The Morgan fingerprint density at radius 2 is 2.04 bits per heavy atom. The lowest BCUT2D eigenvalue weighted by Crippen LogP contribution is -1.99. The van der Waals surface area contributed by atoms with Crippen LogP contribution in [0.25, 0.3) is 11.4 Å². The van der Waals surface area contributed by atoms with Crippen molar-refractivity contribution in [3.05, 3.63) is 57.3 Å². The molecule has 2 aromatic carbocycles. The van der Waals surface area contributed by atoms with Gasteiger partial charge in [-0.25, -0.2) is 5.10 Å². The molecule has 0 atom stereocenters. The van der Waals surface area contributed by atoms with Gasteiger partial charge in [0.2, 0.25) is 4.77 Å². The Kier molecular flexibility index (Phi) is 5.85. The first-order valence-electron chi connectivity index (χ1n) is 7.91. The van der Waals surface area contributed by atoms with Crippen LogP contribution in [0.1, 0.15) is 12.5 Å². The molecule has 3 aromatic rings. The van der Waals surface area contributed by atoms with Gasteiger partial charge in [-0.2, -0.15) is 14.9 Å². The summed E-state index contributed by atoms with van der Waals surface area (Å²) in [5, 5.41) is 11.6. The smallest absolute Gasteiger partial charge is 0.216 e. The molecule has 0 fully saturated rings. The lowest BCUT2D eigenvalue weighted by atomic mass is 10.2. The largest absolute Gasteiger partial charge is 0.493 e. The first kappa shape index (κ1) is 18.3. The summed E-state index contributed by atoms with van der Waals surface area (Å²) in [5.41, 5.74) is 1.75. The van der Waals surface area contributed by atoms with E-state index in [9.17, 15) is 0 Å². The van der Waals surface area contributed by atoms with E-state index in [-0.39, 0.29) is 0 Å². The van der Waals surface area contributed by atoms with Crippen LogP contribution in [0, 0.1) is 4.77 Å². The van der Waals surface area contributed by atoms with E-state index in [1.54, 1.807) is 18.0 Å². The highest BCUT2D eigenvalue weighted by Crippen LogP contribution is 2.33. The van der Waals surface area contributed by atoms with Crippen LogP contribution in [-0.4, -0.2) is 34.8 Å². The second-order valence-electron chi connectivity index (χ2n) is 5.23. The molecule has 0 amide bonds. The predicted molar refractivity (Wildman–Crippen MR) is 108 cm³/mol. The minimum Gasteiger partial charge on any atom is -0.493 e. The lowest BCUT2D eigenvalue weighted by Gasteiger charge is -2.11. The third kappa shape index (κ3) is 3.86. The quantitative estimate of drug-likeness (QED) is 0.454. The highest BCUT2D eigenvalue weighted by molar-refractivity contribution is 9.10. The average molecular weight is 433 g/mol. The molecule has 0 radical (unpaired) electrons. The molecule has 1 aromatic heterocycles. The SMILES string of the molecule is CCOc1cc(/C=N\n2c(-c3ccccc3)n[nH]c2=S)c(Br)cc1OC. The van der Waals surface area contributed by atoms with Gasteiger partial charge in [0.05, 0.1) is 19.9 Å². The third-order valence-corrected chi connectivity index (χ3v) is 4.53. The van der Waals surface area contributed by atoms with Crippen LogP contribution in [0.4, 0.5) is 0 Å². The molecular weight excluding hydrogens is 416 g/mol. The first-order valence-corrected chi connectivity index (χ1v) is 9.11. The number of halogens is 1. The van der Waals surface area contributed by atoms with Gasteiger partial charge in [0.15, 0.2) is 17.3 Å². The van der Waals surface area contributed by atoms with E-state index >= 15 is 0 Å². The van der Waals surface area contributed by atoms with E-state index in [0.29, 0.717) is 28.7 Å². The second kappa shape index (κ2) is 8.29. The molecule has 0 unspecified atom stereocenters. The molecule has 0 spiro atoms. The van der Waals surface area contributed by atoms with Crippen LogP contribution in [0.5, 0.6) is 11.5 Å². The Morgan fingerprint density at radius 1 is 1.27 bits per heavy atom. The van der Waals surface area contributed by atoms with Crippen LogP contribution in [0.3, 0.4) is 0 Å². The van der Waals surface area contributed by atoms with Crippen LogP contribution in [-0.2, 0) is 0 Å². The summed E-state index contributed by atoms with van der Waals surface area (Å²) in [4.78, 5) is 0. The Balaban J connectivity index is 2.00. The monoisotopic (exact) mass is 432 g/mol. The highest BCUT2D eigenvalue weighted by Gasteiger charge is 2.10. The summed E-state index contributed by atoms with van der Waals surface area (Å²) >= 11 is 8.84. The van der Waals surface area contributed by atoms with Crippen molar-refractivity contribution in [1.82, 2.24) is 14.9 Å². The number of nitrogens with zero attached hydrogens (tertiary/aromatic N) is 3. The maximum absolute atomic E-state index is 5.62. The Hall–Kier alpha value is -2.45. The zero-order chi connectivity index (χ0) is 18.5. The van der Waals surface area contributed by atoms with Crippen molar-refractivity contribution in [2.45, 2.75) is 6.92 Å². The normalized spacial score (nSPS) is 11.0. The molecule has 1 N–H and O–H groups in total. The van der Waals surface area contributed by atoms with E-state index < -0.39 is 0 Å². The summed E-state index contributed by atoms with van der Waals surface area (Å²) < 4.78 is 13.8. The van der Waals surface area contributed by atoms with Gasteiger partial charge in [-0.05, 0) is 47.2 Å². The maximum atomic E-state index is 5.62. The number of nitrogens with one attached hydrogen (secondary N) is 1. The van der Waals surface area contributed by atoms with Gasteiger partial charge in [0.25, 0.3) is 0 Å². The number of benzene rings is 2. The molecule has 134 valence electrons. The van der Waals surface area contributed by atoms with E-state index in [2.05, 4.69) is 31.2 Å². The molecule has 0 aliphatic rings. The number of methoxy groups -OCH3 is 1. The standard InChI is InChI=1S/C18H17BrN4O2S/c1-3-25-16-9-13(14(19)10-15(16)24-2)11-20-23-17(21-22-18(23)26)12-7-5-4-6-8-12/h4-11H,3H2,1-2H3,(H,22,26)/b20-11-. The second-order valence-corrected chi connectivity index (χ2v) is 6.47. The van der Waals surface area contributed by atoms with E-state index in [1.807, 2.05) is 49.4 Å². The number of H-pyrrole nitrogens is 1. The molecule has 3 rings (SSSR count). The summed E-state index contributed by atoms with van der Waals surface area (Å²) in [7, 11) is 1.61. The minimum atomic E-state index is 0.412. The summed E-state index contributed by atoms with van der Waals surface area (Å²) in [6.07, 6.45) is 1.70. The zero-order valence-corrected chi connectivity index (χ0v) is 16.7. The Labute approximate surface area is 164 Å². The molecule has 0 aliphatic carbocycles. The molecule has 0 saturated heterocycles. The van der Waals surface area contributed by atoms with Crippen molar-refractivity contribution >= 4 is 34.4 Å². The van der Waals surface area contributed by atoms with Gasteiger partial charge in [-0.15, -0.1) is 0 Å². The number of rotatable bonds is 6. The first-order chi connectivity index (χ1) is 12.6. The summed E-state index contributed by atoms with van der Waals surface area (Å²) in [6, 6.07) is 13.4. The fourth-order valence-electron chi connectivity index (χ4n) is 2.37. The van der Waals surface area contributed by atoms with Crippen molar-refractivity contribution in [3.63, 3.8) is 0 Å². The van der Waals surface area contributed by atoms with Gasteiger partial charge in [0, 0.05) is 15.6 Å². The van der Waals surface area contributed by atoms with Crippen molar-refractivity contribution < 1.29 is 9.47 Å². The lowest BCUT2D eigenvalue weighted by molar-refractivity contribution is 0.311. The van der Waals surface area contributed by atoms with Gasteiger partial charge < -0.3 is 9.47 Å². The van der Waals surface area contributed by atoms with Crippen molar-refractivity contribution in [3.8, 4) is 22.9 Å². The number of ether oxygens (including phenoxy) is 2. The number of aromatic amines is 1. The molecule has 6 nitrogen and oxygen atoms in total. The van der Waals surface area contributed by atoms with Gasteiger partial charge in [0.1, 0.15) is 0 Å². The third-order valence-electron chi connectivity index (χ3n) is 3.58. The van der Waals surface area contributed by atoms with Crippen LogP contribution < -0.4 is 9.47 Å². The van der Waals surface area contributed by atoms with Crippen molar-refractivity contribution in [2.75, 3.05) is 13.7 Å². The van der Waals surface area contributed by atoms with Crippen molar-refractivity contribution in [1.29, 1.82) is 0 Å². The minimum absolute atomic E-state index is 0.412. The fraction of sp³-hybridized carbons (Fsp3) is 0.167. The Bertz CT molecular complexity index is 983.